The summed E-state index contributed by atoms with van der Waals surface area (Å²) in [7, 11) is 2.80. The highest BCUT2D eigenvalue weighted by Crippen LogP contribution is 2.33. The van der Waals surface area contributed by atoms with Gasteiger partial charge in [-0.25, -0.2) is 0 Å². The zero-order valence-corrected chi connectivity index (χ0v) is 13.1. The number of rotatable bonds is 6. The molecule has 124 valence electrons. The standard InChI is InChI=1S/C17H15NO6/c1-23-13-9-15(20)17(16(10-13)24-2)14(19)7-6-11-4-3-5-12(8-11)18(21)22/h3-10,20H,1-2H3/b7-6+. The van der Waals surface area contributed by atoms with Crippen molar-refractivity contribution in [1.29, 1.82) is 0 Å². The van der Waals surface area contributed by atoms with Crippen LogP contribution in [0.25, 0.3) is 6.08 Å². The number of nitro groups is 1. The Bertz CT molecular complexity index is 813. The number of hydrogen-bond donors (Lipinski definition) is 1. The molecule has 2 rings (SSSR count). The summed E-state index contributed by atoms with van der Waals surface area (Å²) in [6.45, 7) is 0. The van der Waals surface area contributed by atoms with Crippen molar-refractivity contribution < 1.29 is 24.3 Å². The first-order valence-electron chi connectivity index (χ1n) is 6.88. The number of benzene rings is 2. The fourth-order valence-electron chi connectivity index (χ4n) is 2.10. The van der Waals surface area contributed by atoms with Crippen LogP contribution >= 0.6 is 0 Å². The Labute approximate surface area is 137 Å². The Morgan fingerprint density at radius 3 is 2.58 bits per heavy atom. The lowest BCUT2D eigenvalue weighted by Crippen LogP contribution is -2.00. The van der Waals surface area contributed by atoms with E-state index in [9.17, 15) is 20.0 Å². The fraction of sp³-hybridized carbons (Fsp3) is 0.118. The van der Waals surface area contributed by atoms with Crippen LogP contribution in [0.1, 0.15) is 15.9 Å². The van der Waals surface area contributed by atoms with Gasteiger partial charge in [0.15, 0.2) is 5.78 Å². The van der Waals surface area contributed by atoms with E-state index in [0.29, 0.717) is 11.3 Å². The Hall–Kier alpha value is -3.35. The number of carbonyl (C=O) groups excluding carboxylic acids is 1. The van der Waals surface area contributed by atoms with Crippen LogP contribution < -0.4 is 9.47 Å². The maximum absolute atomic E-state index is 12.3. The predicted molar refractivity (Wildman–Crippen MR) is 87.7 cm³/mol. The van der Waals surface area contributed by atoms with Gasteiger partial charge >= 0.3 is 0 Å². The molecule has 0 aliphatic heterocycles. The van der Waals surface area contributed by atoms with E-state index in [1.165, 1.54) is 56.7 Å². The highest BCUT2D eigenvalue weighted by molar-refractivity contribution is 6.10. The number of non-ortho nitro benzene ring substituents is 1. The normalized spacial score (nSPS) is 10.6. The zero-order chi connectivity index (χ0) is 17.7. The average molecular weight is 329 g/mol. The first kappa shape index (κ1) is 17.0. The molecule has 0 radical (unpaired) electrons. The molecule has 0 amide bonds. The molecule has 7 heteroatoms. The smallest absolute Gasteiger partial charge is 0.270 e. The van der Waals surface area contributed by atoms with Crippen LogP contribution in [0.4, 0.5) is 5.69 Å². The van der Waals surface area contributed by atoms with E-state index in [-0.39, 0.29) is 22.7 Å². The minimum Gasteiger partial charge on any atom is -0.507 e. The third-order valence-electron chi connectivity index (χ3n) is 3.27. The van der Waals surface area contributed by atoms with Gasteiger partial charge in [0.1, 0.15) is 22.8 Å². The molecule has 0 atom stereocenters. The highest BCUT2D eigenvalue weighted by atomic mass is 16.6. The second-order valence-corrected chi connectivity index (χ2v) is 4.77. The third-order valence-corrected chi connectivity index (χ3v) is 3.27. The lowest BCUT2D eigenvalue weighted by molar-refractivity contribution is -0.384. The van der Waals surface area contributed by atoms with E-state index < -0.39 is 10.7 Å². The van der Waals surface area contributed by atoms with Crippen LogP contribution in [0.15, 0.2) is 42.5 Å². The van der Waals surface area contributed by atoms with Crippen molar-refractivity contribution in [2.45, 2.75) is 0 Å². The quantitative estimate of drug-likeness (QED) is 0.378. The third kappa shape index (κ3) is 3.70. The van der Waals surface area contributed by atoms with E-state index >= 15 is 0 Å². The van der Waals surface area contributed by atoms with Crippen LogP contribution in [-0.4, -0.2) is 30.0 Å². The number of aromatic hydroxyl groups is 1. The summed E-state index contributed by atoms with van der Waals surface area (Å²) in [5.74, 6) is -0.262. The molecule has 0 spiro atoms. The summed E-state index contributed by atoms with van der Waals surface area (Å²) in [6, 6.07) is 8.63. The summed E-state index contributed by atoms with van der Waals surface area (Å²) in [5.41, 5.74) is 0.402. The first-order chi connectivity index (χ1) is 11.5. The van der Waals surface area contributed by atoms with Gasteiger partial charge in [0.25, 0.3) is 5.69 Å². The molecule has 0 heterocycles. The second-order valence-electron chi connectivity index (χ2n) is 4.77. The van der Waals surface area contributed by atoms with Crippen molar-refractivity contribution in [3.63, 3.8) is 0 Å². The van der Waals surface area contributed by atoms with Gasteiger partial charge in [-0.05, 0) is 11.6 Å². The van der Waals surface area contributed by atoms with Crippen molar-refractivity contribution in [1.82, 2.24) is 0 Å². The van der Waals surface area contributed by atoms with Gasteiger partial charge < -0.3 is 14.6 Å². The molecule has 0 aliphatic carbocycles. The number of ketones is 1. The molecule has 24 heavy (non-hydrogen) atoms. The molecule has 0 saturated carbocycles. The maximum atomic E-state index is 12.3. The Kier molecular flexibility index (Phi) is 5.16. The molecule has 1 N–H and O–H groups in total. The van der Waals surface area contributed by atoms with E-state index in [0.717, 1.165) is 0 Å². The first-order valence-corrected chi connectivity index (χ1v) is 6.88. The van der Waals surface area contributed by atoms with Crippen molar-refractivity contribution in [2.75, 3.05) is 14.2 Å². The summed E-state index contributed by atoms with van der Waals surface area (Å²) in [5, 5.41) is 20.8. The molecule has 0 saturated heterocycles. The fourth-order valence-corrected chi connectivity index (χ4v) is 2.10. The highest BCUT2D eigenvalue weighted by Gasteiger charge is 2.17. The monoisotopic (exact) mass is 329 g/mol. The van der Waals surface area contributed by atoms with Crippen LogP contribution in [0.5, 0.6) is 17.2 Å². The molecule has 2 aromatic carbocycles. The summed E-state index contributed by atoms with van der Waals surface area (Å²) in [4.78, 5) is 22.6. The van der Waals surface area contributed by atoms with Gasteiger partial charge in [-0.3, -0.25) is 14.9 Å². The van der Waals surface area contributed by atoms with Gasteiger partial charge in [-0.15, -0.1) is 0 Å². The Morgan fingerprint density at radius 1 is 1.21 bits per heavy atom. The van der Waals surface area contributed by atoms with Crippen molar-refractivity contribution in [2.24, 2.45) is 0 Å². The minimum atomic E-state index is -0.516. The topological polar surface area (TPSA) is 98.9 Å². The number of nitrogens with zero attached hydrogens (tertiary/aromatic N) is 1. The predicted octanol–water partition coefficient (Wildman–Crippen LogP) is 3.21. The maximum Gasteiger partial charge on any atom is 0.270 e. The number of methoxy groups -OCH3 is 2. The number of ether oxygens (including phenoxy) is 2. The number of carbonyl (C=O) groups is 1. The molecule has 0 aromatic heterocycles. The SMILES string of the molecule is COc1cc(O)c(C(=O)/C=C/c2cccc([N+](=O)[O-])c2)c(OC)c1. The number of hydrogen-bond acceptors (Lipinski definition) is 6. The average Bonchev–Trinajstić information content (AvgIpc) is 2.58. The summed E-state index contributed by atoms with van der Waals surface area (Å²) >= 11 is 0. The molecule has 0 bridgehead atoms. The number of phenolic OH excluding ortho intramolecular Hbond substituents is 1. The number of nitro benzene ring substituents is 1. The molecule has 2 aromatic rings. The lowest BCUT2D eigenvalue weighted by atomic mass is 10.1. The molecule has 0 unspecified atom stereocenters. The molecule has 0 aliphatic rings. The zero-order valence-electron chi connectivity index (χ0n) is 13.1. The molecular formula is C17H15NO6. The van der Waals surface area contributed by atoms with Crippen LogP contribution in [0.2, 0.25) is 0 Å². The van der Waals surface area contributed by atoms with Gasteiger partial charge in [0.05, 0.1) is 19.1 Å². The van der Waals surface area contributed by atoms with Crippen molar-refractivity contribution in [3.05, 3.63) is 63.7 Å². The van der Waals surface area contributed by atoms with Crippen LogP contribution in [0.3, 0.4) is 0 Å². The van der Waals surface area contributed by atoms with Gasteiger partial charge in [-0.2, -0.15) is 0 Å². The van der Waals surface area contributed by atoms with E-state index in [4.69, 9.17) is 9.47 Å². The number of allylic oxidation sites excluding steroid dienone is 1. The van der Waals surface area contributed by atoms with Gasteiger partial charge in [0, 0.05) is 24.3 Å². The lowest BCUT2D eigenvalue weighted by Gasteiger charge is -2.10. The Morgan fingerprint density at radius 2 is 1.96 bits per heavy atom. The van der Waals surface area contributed by atoms with Crippen LogP contribution in [-0.2, 0) is 0 Å². The van der Waals surface area contributed by atoms with E-state index in [1.807, 2.05) is 0 Å². The van der Waals surface area contributed by atoms with E-state index in [1.54, 1.807) is 6.07 Å². The van der Waals surface area contributed by atoms with Crippen LogP contribution in [0, 0.1) is 10.1 Å². The molecule has 0 fully saturated rings. The molecular weight excluding hydrogens is 314 g/mol. The van der Waals surface area contributed by atoms with Gasteiger partial charge in [0.2, 0.25) is 0 Å². The van der Waals surface area contributed by atoms with E-state index in [2.05, 4.69) is 0 Å². The van der Waals surface area contributed by atoms with Crippen molar-refractivity contribution >= 4 is 17.5 Å². The summed E-state index contributed by atoms with van der Waals surface area (Å²) in [6.07, 6.45) is 2.64. The summed E-state index contributed by atoms with van der Waals surface area (Å²) < 4.78 is 10.1. The second kappa shape index (κ2) is 7.28. The Balaban J connectivity index is 2.33. The minimum absolute atomic E-state index is 0.0139. The molecule has 7 nitrogen and oxygen atoms in total. The number of phenols is 1. The van der Waals surface area contributed by atoms with Gasteiger partial charge in [-0.1, -0.05) is 18.2 Å². The largest absolute Gasteiger partial charge is 0.507 e. The van der Waals surface area contributed by atoms with Crippen molar-refractivity contribution in [3.8, 4) is 17.2 Å².